The summed E-state index contributed by atoms with van der Waals surface area (Å²) >= 11 is 1.65. The van der Waals surface area contributed by atoms with Crippen molar-refractivity contribution in [2.45, 2.75) is 20.8 Å². The van der Waals surface area contributed by atoms with E-state index in [1.54, 1.807) is 11.3 Å². The first-order chi connectivity index (χ1) is 10.7. The molecule has 0 saturated carbocycles. The molecule has 116 valence electrons. The Morgan fingerprint density at radius 2 is 2.14 bits per heavy atom. The molecule has 1 aromatic carbocycles. The van der Waals surface area contributed by atoms with Crippen LogP contribution in [0.4, 0.5) is 5.13 Å². The van der Waals surface area contributed by atoms with E-state index in [1.165, 1.54) is 22.2 Å². The predicted molar refractivity (Wildman–Crippen MR) is 94.1 cm³/mol. The zero-order valence-electron chi connectivity index (χ0n) is 13.4. The van der Waals surface area contributed by atoms with E-state index in [9.17, 15) is 0 Å². The van der Waals surface area contributed by atoms with Crippen molar-refractivity contribution in [3.8, 4) is 17.0 Å². The van der Waals surface area contributed by atoms with Crippen LogP contribution in [0.3, 0.4) is 0 Å². The van der Waals surface area contributed by atoms with Gasteiger partial charge in [-0.2, -0.15) is 0 Å². The minimum atomic E-state index is 0.675. The Kier molecular flexibility index (Phi) is 4.07. The predicted octanol–water partition coefficient (Wildman–Crippen LogP) is 4.44. The summed E-state index contributed by atoms with van der Waals surface area (Å²) in [5, 5.41) is 7.56. The molecule has 0 fully saturated rings. The van der Waals surface area contributed by atoms with Crippen LogP contribution in [0.2, 0.25) is 0 Å². The zero-order valence-corrected chi connectivity index (χ0v) is 14.3. The molecule has 0 unspecified atom stereocenters. The fourth-order valence-electron chi connectivity index (χ4n) is 2.75. The van der Waals surface area contributed by atoms with Gasteiger partial charge in [0.15, 0.2) is 5.13 Å². The van der Waals surface area contributed by atoms with Crippen LogP contribution < -0.4 is 10.1 Å². The Morgan fingerprint density at radius 1 is 1.32 bits per heavy atom. The molecule has 0 spiro atoms. The van der Waals surface area contributed by atoms with Gasteiger partial charge in [-0.05, 0) is 39.0 Å². The number of aryl methyl sites for hydroxylation is 1. The standard InChI is InChI=1S/C17H21N3OS/c1-5-18-17-19-14(10-22-17)16-11(3)20(4)15-8-7-12(21-6-2)9-13(15)16/h7-10H,5-6H2,1-4H3,(H,18,19). The number of hydrogen-bond donors (Lipinski definition) is 1. The topological polar surface area (TPSA) is 39.1 Å². The molecule has 3 aromatic rings. The maximum Gasteiger partial charge on any atom is 0.183 e. The smallest absolute Gasteiger partial charge is 0.183 e. The summed E-state index contributed by atoms with van der Waals surface area (Å²) in [7, 11) is 2.10. The SMILES string of the molecule is CCNc1nc(-c2c(C)n(C)c3ccc(OCC)cc23)cs1. The second kappa shape index (κ2) is 6.01. The van der Waals surface area contributed by atoms with E-state index in [1.807, 2.05) is 13.0 Å². The summed E-state index contributed by atoms with van der Waals surface area (Å²) in [5.74, 6) is 0.906. The van der Waals surface area contributed by atoms with Crippen molar-refractivity contribution >= 4 is 27.4 Å². The number of fused-ring (bicyclic) bond motifs is 1. The van der Waals surface area contributed by atoms with Crippen LogP contribution in [-0.4, -0.2) is 22.7 Å². The molecule has 5 heteroatoms. The van der Waals surface area contributed by atoms with Crippen LogP contribution in [0.25, 0.3) is 22.2 Å². The van der Waals surface area contributed by atoms with Gasteiger partial charge in [0.2, 0.25) is 0 Å². The molecule has 0 saturated heterocycles. The Hall–Kier alpha value is -2.01. The normalized spacial score (nSPS) is 11.1. The van der Waals surface area contributed by atoms with Gasteiger partial charge >= 0.3 is 0 Å². The lowest BCUT2D eigenvalue weighted by Crippen LogP contribution is -1.95. The summed E-state index contributed by atoms with van der Waals surface area (Å²) in [6, 6.07) is 6.27. The first-order valence-corrected chi connectivity index (χ1v) is 8.45. The van der Waals surface area contributed by atoms with E-state index >= 15 is 0 Å². The van der Waals surface area contributed by atoms with Crippen molar-refractivity contribution in [1.29, 1.82) is 0 Å². The lowest BCUT2D eigenvalue weighted by molar-refractivity contribution is 0.341. The van der Waals surface area contributed by atoms with Gasteiger partial charge in [-0.3, -0.25) is 0 Å². The van der Waals surface area contributed by atoms with Gasteiger partial charge in [0.25, 0.3) is 0 Å². The molecule has 4 nitrogen and oxygen atoms in total. The highest BCUT2D eigenvalue weighted by Crippen LogP contribution is 2.37. The maximum absolute atomic E-state index is 5.66. The highest BCUT2D eigenvalue weighted by molar-refractivity contribution is 7.14. The quantitative estimate of drug-likeness (QED) is 0.756. The monoisotopic (exact) mass is 315 g/mol. The first kappa shape index (κ1) is 14.9. The van der Waals surface area contributed by atoms with Crippen LogP contribution in [0, 0.1) is 6.92 Å². The number of thiazole rings is 1. The molecule has 0 radical (unpaired) electrons. The van der Waals surface area contributed by atoms with Crippen molar-refractivity contribution in [3.63, 3.8) is 0 Å². The van der Waals surface area contributed by atoms with Gasteiger partial charge in [-0.25, -0.2) is 4.98 Å². The third-order valence-electron chi connectivity index (χ3n) is 3.86. The van der Waals surface area contributed by atoms with Crippen LogP contribution in [0.15, 0.2) is 23.6 Å². The summed E-state index contributed by atoms with van der Waals surface area (Å²) in [4.78, 5) is 4.72. The van der Waals surface area contributed by atoms with Crippen LogP contribution >= 0.6 is 11.3 Å². The molecule has 22 heavy (non-hydrogen) atoms. The molecule has 2 aromatic heterocycles. The minimum absolute atomic E-state index is 0.675. The van der Waals surface area contributed by atoms with E-state index in [-0.39, 0.29) is 0 Å². The Balaban J connectivity index is 2.17. The van der Waals surface area contributed by atoms with Crippen LogP contribution in [-0.2, 0) is 7.05 Å². The minimum Gasteiger partial charge on any atom is -0.494 e. The highest BCUT2D eigenvalue weighted by atomic mass is 32.1. The molecular formula is C17H21N3OS. The number of nitrogens with zero attached hydrogens (tertiary/aromatic N) is 2. The fraction of sp³-hybridized carbons (Fsp3) is 0.353. The third-order valence-corrected chi connectivity index (χ3v) is 4.66. The molecule has 0 aliphatic rings. The molecule has 0 aliphatic carbocycles. The lowest BCUT2D eigenvalue weighted by atomic mass is 10.1. The fourth-order valence-corrected chi connectivity index (χ4v) is 3.52. The number of rotatable bonds is 5. The van der Waals surface area contributed by atoms with Gasteiger partial charge < -0.3 is 14.6 Å². The summed E-state index contributed by atoms with van der Waals surface area (Å²) < 4.78 is 7.87. The summed E-state index contributed by atoms with van der Waals surface area (Å²) in [5.41, 5.74) is 4.64. The molecule has 0 bridgehead atoms. The number of hydrogen-bond acceptors (Lipinski definition) is 4. The van der Waals surface area contributed by atoms with Gasteiger partial charge in [-0.15, -0.1) is 11.3 Å². The molecule has 0 atom stereocenters. The Bertz CT molecular complexity index is 804. The van der Waals surface area contributed by atoms with Crippen molar-refractivity contribution in [1.82, 2.24) is 9.55 Å². The van der Waals surface area contributed by atoms with E-state index in [2.05, 4.69) is 48.3 Å². The van der Waals surface area contributed by atoms with Crippen LogP contribution in [0.5, 0.6) is 5.75 Å². The lowest BCUT2D eigenvalue weighted by Gasteiger charge is -2.03. The molecular weight excluding hydrogens is 294 g/mol. The van der Waals surface area contributed by atoms with Gasteiger partial charge in [0.1, 0.15) is 5.75 Å². The molecule has 3 rings (SSSR count). The number of nitrogens with one attached hydrogen (secondary N) is 1. The molecule has 1 N–H and O–H groups in total. The van der Waals surface area contributed by atoms with Crippen molar-refractivity contribution in [2.75, 3.05) is 18.5 Å². The summed E-state index contributed by atoms with van der Waals surface area (Å²) in [6.45, 7) is 7.79. The number of benzene rings is 1. The average molecular weight is 315 g/mol. The molecule has 0 amide bonds. The van der Waals surface area contributed by atoms with Crippen molar-refractivity contribution < 1.29 is 4.74 Å². The van der Waals surface area contributed by atoms with E-state index in [0.717, 1.165) is 23.1 Å². The molecule has 0 aliphatic heterocycles. The van der Waals surface area contributed by atoms with Gasteiger partial charge in [0, 0.05) is 41.1 Å². The largest absolute Gasteiger partial charge is 0.494 e. The average Bonchev–Trinajstić information content (AvgIpc) is 3.04. The number of ether oxygens (including phenoxy) is 1. The van der Waals surface area contributed by atoms with Crippen molar-refractivity contribution in [2.24, 2.45) is 7.05 Å². The second-order valence-electron chi connectivity index (χ2n) is 5.20. The summed E-state index contributed by atoms with van der Waals surface area (Å²) in [6.07, 6.45) is 0. The van der Waals surface area contributed by atoms with Gasteiger partial charge in [-0.1, -0.05) is 0 Å². The van der Waals surface area contributed by atoms with E-state index < -0.39 is 0 Å². The van der Waals surface area contributed by atoms with E-state index in [4.69, 9.17) is 9.72 Å². The second-order valence-corrected chi connectivity index (χ2v) is 6.06. The highest BCUT2D eigenvalue weighted by Gasteiger charge is 2.17. The van der Waals surface area contributed by atoms with Gasteiger partial charge in [0.05, 0.1) is 12.3 Å². The van der Waals surface area contributed by atoms with Crippen molar-refractivity contribution in [3.05, 3.63) is 29.3 Å². The Labute approximate surface area is 134 Å². The molecule has 2 heterocycles. The third kappa shape index (κ3) is 2.46. The van der Waals surface area contributed by atoms with Crippen LogP contribution in [0.1, 0.15) is 19.5 Å². The zero-order chi connectivity index (χ0) is 15.7. The maximum atomic E-state index is 5.66. The number of anilines is 1. The Morgan fingerprint density at radius 3 is 2.86 bits per heavy atom. The first-order valence-electron chi connectivity index (χ1n) is 7.57. The number of aromatic nitrogens is 2. The van der Waals surface area contributed by atoms with E-state index in [0.29, 0.717) is 6.61 Å².